The van der Waals surface area contributed by atoms with E-state index in [1.54, 1.807) is 17.8 Å². The summed E-state index contributed by atoms with van der Waals surface area (Å²) >= 11 is 0. The normalized spacial score (nSPS) is 15.3. The molecule has 0 unspecified atom stereocenters. The van der Waals surface area contributed by atoms with E-state index in [-0.39, 0.29) is 17.1 Å². The Bertz CT molecular complexity index is 1080. The molecule has 0 atom stereocenters. The highest BCUT2D eigenvalue weighted by atomic mass is 16.5. The third kappa shape index (κ3) is 3.24. The van der Waals surface area contributed by atoms with Crippen molar-refractivity contribution in [3.05, 3.63) is 59.0 Å². The molecule has 28 heavy (non-hydrogen) atoms. The Hall–Kier alpha value is -3.22. The summed E-state index contributed by atoms with van der Waals surface area (Å²) < 4.78 is 6.84. The molecule has 1 aromatic carbocycles. The smallest absolute Gasteiger partial charge is 0.257 e. The first-order valence-corrected chi connectivity index (χ1v) is 9.18. The molecular weight excluding hydrogens is 356 g/mol. The number of hydrogen-bond acceptors (Lipinski definition) is 5. The Morgan fingerprint density at radius 2 is 2.11 bits per heavy atom. The zero-order valence-electron chi connectivity index (χ0n) is 16.2. The summed E-state index contributed by atoms with van der Waals surface area (Å²) in [4.78, 5) is 29.5. The van der Waals surface area contributed by atoms with Gasteiger partial charge in [-0.05, 0) is 29.5 Å². The van der Waals surface area contributed by atoms with Gasteiger partial charge in [-0.1, -0.05) is 26.0 Å². The molecule has 0 bridgehead atoms. The number of benzene rings is 1. The number of aromatic nitrogens is 3. The summed E-state index contributed by atoms with van der Waals surface area (Å²) in [5, 5.41) is 7.25. The molecule has 1 aliphatic carbocycles. The molecule has 3 aromatic rings. The van der Waals surface area contributed by atoms with Gasteiger partial charge in [-0.2, -0.15) is 5.10 Å². The molecule has 7 heteroatoms. The Balaban J connectivity index is 1.61. The second kappa shape index (κ2) is 6.74. The minimum atomic E-state index is -0.258. The van der Waals surface area contributed by atoms with Crippen LogP contribution < -0.4 is 10.1 Å². The fraction of sp³-hybridized carbons (Fsp3) is 0.333. The third-order valence-electron chi connectivity index (χ3n) is 5.04. The Morgan fingerprint density at radius 3 is 2.89 bits per heavy atom. The average molecular weight is 378 g/mol. The van der Waals surface area contributed by atoms with Gasteiger partial charge in [0, 0.05) is 19.2 Å². The number of ketones is 1. The summed E-state index contributed by atoms with van der Waals surface area (Å²) in [7, 11) is 1.61. The standard InChI is InChI=1S/C21H22N4O3/c1-21(2)8-17-15(18(26)9-21)11-22-19-16(12-24-25(17)19)20(27)23-10-13-5-4-6-14(7-13)28-3/h4-7,11-12H,8-10H2,1-3H3,(H,23,27). The van der Waals surface area contributed by atoms with E-state index < -0.39 is 0 Å². The van der Waals surface area contributed by atoms with Gasteiger partial charge in [0.1, 0.15) is 11.3 Å². The van der Waals surface area contributed by atoms with Crippen molar-refractivity contribution < 1.29 is 14.3 Å². The van der Waals surface area contributed by atoms with E-state index in [0.29, 0.717) is 36.2 Å². The molecule has 1 aliphatic rings. The number of ether oxygens (including phenoxy) is 1. The van der Waals surface area contributed by atoms with Crippen molar-refractivity contribution in [2.24, 2.45) is 5.41 Å². The van der Waals surface area contributed by atoms with Gasteiger partial charge >= 0.3 is 0 Å². The Kier molecular flexibility index (Phi) is 4.37. The van der Waals surface area contributed by atoms with E-state index in [1.165, 1.54) is 6.20 Å². The molecule has 0 radical (unpaired) electrons. The van der Waals surface area contributed by atoms with Crippen LogP contribution in [0.4, 0.5) is 0 Å². The molecule has 144 valence electrons. The van der Waals surface area contributed by atoms with Crippen LogP contribution in [0.25, 0.3) is 5.65 Å². The lowest BCUT2D eigenvalue weighted by atomic mass is 9.76. The van der Waals surface area contributed by atoms with E-state index in [2.05, 4.69) is 29.2 Å². The van der Waals surface area contributed by atoms with Crippen molar-refractivity contribution in [1.29, 1.82) is 0 Å². The quantitative estimate of drug-likeness (QED) is 0.754. The number of rotatable bonds is 4. The van der Waals surface area contributed by atoms with Crippen LogP contribution in [0.2, 0.25) is 0 Å². The van der Waals surface area contributed by atoms with E-state index in [4.69, 9.17) is 4.74 Å². The van der Waals surface area contributed by atoms with Crippen LogP contribution in [-0.4, -0.2) is 33.4 Å². The van der Waals surface area contributed by atoms with Crippen molar-refractivity contribution in [3.8, 4) is 5.75 Å². The number of amides is 1. The van der Waals surface area contributed by atoms with E-state index in [1.807, 2.05) is 24.3 Å². The number of nitrogens with one attached hydrogen (secondary N) is 1. The molecule has 1 N–H and O–H groups in total. The number of carbonyl (C=O) groups is 2. The van der Waals surface area contributed by atoms with Crippen molar-refractivity contribution in [1.82, 2.24) is 19.9 Å². The van der Waals surface area contributed by atoms with Gasteiger partial charge in [0.25, 0.3) is 5.91 Å². The molecule has 0 aliphatic heterocycles. The highest BCUT2D eigenvalue weighted by molar-refractivity contribution is 6.01. The van der Waals surface area contributed by atoms with Crippen LogP contribution >= 0.6 is 0 Å². The largest absolute Gasteiger partial charge is 0.497 e. The number of methoxy groups -OCH3 is 1. The maximum Gasteiger partial charge on any atom is 0.257 e. The molecule has 1 amide bonds. The fourth-order valence-electron chi connectivity index (χ4n) is 3.65. The van der Waals surface area contributed by atoms with Crippen LogP contribution in [0.3, 0.4) is 0 Å². The monoisotopic (exact) mass is 378 g/mol. The topological polar surface area (TPSA) is 85.6 Å². The summed E-state index contributed by atoms with van der Waals surface area (Å²) in [6.45, 7) is 4.49. The lowest BCUT2D eigenvalue weighted by Gasteiger charge is -2.29. The first kappa shape index (κ1) is 18.2. The molecule has 2 aromatic heterocycles. The predicted octanol–water partition coefficient (Wildman–Crippen LogP) is 2.82. The number of fused-ring (bicyclic) bond motifs is 3. The van der Waals surface area contributed by atoms with Gasteiger partial charge < -0.3 is 10.1 Å². The van der Waals surface area contributed by atoms with Crippen LogP contribution in [0, 0.1) is 5.41 Å². The highest BCUT2D eigenvalue weighted by Gasteiger charge is 2.33. The molecule has 2 heterocycles. The summed E-state index contributed by atoms with van der Waals surface area (Å²) in [6.07, 6.45) is 4.28. The lowest BCUT2D eigenvalue weighted by molar-refractivity contribution is 0.0907. The minimum absolute atomic E-state index is 0.0696. The van der Waals surface area contributed by atoms with E-state index >= 15 is 0 Å². The SMILES string of the molecule is COc1cccc(CNC(=O)c2cnn3c4c(cnc23)C(=O)CC(C)(C)C4)c1. The van der Waals surface area contributed by atoms with Gasteiger partial charge in [0.05, 0.1) is 24.6 Å². The van der Waals surface area contributed by atoms with Crippen molar-refractivity contribution in [3.63, 3.8) is 0 Å². The lowest BCUT2D eigenvalue weighted by Crippen LogP contribution is -2.29. The second-order valence-corrected chi connectivity index (χ2v) is 7.89. The predicted molar refractivity (Wildman–Crippen MR) is 104 cm³/mol. The number of Topliss-reactive ketones (excluding diaryl/α,β-unsaturated/α-hetero) is 1. The molecular formula is C21H22N4O3. The fourth-order valence-corrected chi connectivity index (χ4v) is 3.65. The number of nitrogens with zero attached hydrogens (tertiary/aromatic N) is 3. The number of hydrogen-bond donors (Lipinski definition) is 1. The Labute approximate surface area is 162 Å². The molecule has 4 rings (SSSR count). The van der Waals surface area contributed by atoms with E-state index in [0.717, 1.165) is 17.0 Å². The van der Waals surface area contributed by atoms with Crippen molar-refractivity contribution in [2.75, 3.05) is 7.11 Å². The molecule has 0 saturated carbocycles. The zero-order chi connectivity index (χ0) is 19.9. The number of carbonyl (C=O) groups excluding carboxylic acids is 2. The summed E-state index contributed by atoms with van der Waals surface area (Å²) in [5.74, 6) is 0.551. The average Bonchev–Trinajstić information content (AvgIpc) is 3.10. The van der Waals surface area contributed by atoms with E-state index in [9.17, 15) is 9.59 Å². The molecule has 0 spiro atoms. The first-order valence-electron chi connectivity index (χ1n) is 9.18. The van der Waals surface area contributed by atoms with Crippen LogP contribution in [0.5, 0.6) is 5.75 Å². The Morgan fingerprint density at radius 1 is 1.29 bits per heavy atom. The van der Waals surface area contributed by atoms with Crippen LogP contribution in [0.1, 0.15) is 52.2 Å². The first-order chi connectivity index (χ1) is 13.4. The summed E-state index contributed by atoms with van der Waals surface area (Å²) in [5.41, 5.74) is 3.06. The molecule has 0 saturated heterocycles. The highest BCUT2D eigenvalue weighted by Crippen LogP contribution is 2.34. The molecule has 0 fully saturated rings. The molecule has 7 nitrogen and oxygen atoms in total. The maximum atomic E-state index is 12.7. The van der Waals surface area contributed by atoms with Gasteiger partial charge in [0.2, 0.25) is 0 Å². The van der Waals surface area contributed by atoms with Crippen molar-refractivity contribution >= 4 is 17.3 Å². The third-order valence-corrected chi connectivity index (χ3v) is 5.04. The van der Waals surface area contributed by atoms with Crippen molar-refractivity contribution in [2.45, 2.75) is 33.2 Å². The minimum Gasteiger partial charge on any atom is -0.497 e. The maximum absolute atomic E-state index is 12.7. The van der Waals surface area contributed by atoms with Gasteiger partial charge in [0.15, 0.2) is 11.4 Å². The summed E-state index contributed by atoms with van der Waals surface area (Å²) in [6, 6.07) is 7.52. The zero-order valence-corrected chi connectivity index (χ0v) is 16.2. The second-order valence-electron chi connectivity index (χ2n) is 7.89. The van der Waals surface area contributed by atoms with Gasteiger partial charge in [-0.3, -0.25) is 9.59 Å². The van der Waals surface area contributed by atoms with Gasteiger partial charge in [-0.25, -0.2) is 9.50 Å². The van der Waals surface area contributed by atoms with Gasteiger partial charge in [-0.15, -0.1) is 0 Å². The van der Waals surface area contributed by atoms with Crippen LogP contribution in [-0.2, 0) is 13.0 Å². The van der Waals surface area contributed by atoms with Crippen LogP contribution in [0.15, 0.2) is 36.7 Å².